The van der Waals surface area contributed by atoms with Gasteiger partial charge in [-0.25, -0.2) is 24.0 Å². The zero-order chi connectivity index (χ0) is 21.1. The summed E-state index contributed by atoms with van der Waals surface area (Å²) in [7, 11) is 1.50. The molecule has 1 amide bonds. The van der Waals surface area contributed by atoms with Gasteiger partial charge in [-0.2, -0.15) is 5.10 Å². The molecule has 3 aromatic heterocycles. The van der Waals surface area contributed by atoms with E-state index in [0.29, 0.717) is 17.3 Å². The number of anilines is 1. The van der Waals surface area contributed by atoms with Crippen LogP contribution in [0.3, 0.4) is 0 Å². The summed E-state index contributed by atoms with van der Waals surface area (Å²) in [4.78, 5) is 48.2. The van der Waals surface area contributed by atoms with Gasteiger partial charge in [0.15, 0.2) is 5.82 Å². The molecule has 30 heavy (non-hydrogen) atoms. The number of H-pyrrole nitrogens is 1. The average Bonchev–Trinajstić information content (AvgIpc) is 3.29. The Bertz CT molecular complexity index is 1310. The number of rotatable bonds is 5. The molecule has 0 aliphatic heterocycles. The molecule has 0 fully saturated rings. The van der Waals surface area contributed by atoms with Crippen molar-refractivity contribution in [1.82, 2.24) is 29.3 Å². The normalized spacial score (nSPS) is 10.6. The first kappa shape index (κ1) is 18.8. The summed E-state index contributed by atoms with van der Waals surface area (Å²) in [5, 5.41) is 6.59. The van der Waals surface area contributed by atoms with Crippen LogP contribution in [0, 0.1) is 0 Å². The van der Waals surface area contributed by atoms with E-state index in [1.165, 1.54) is 36.3 Å². The quantitative estimate of drug-likeness (QED) is 0.500. The fraction of sp³-hybridized carbons (Fsp3) is 0.0526. The molecule has 0 bridgehead atoms. The van der Waals surface area contributed by atoms with Crippen LogP contribution in [0.1, 0.15) is 10.4 Å². The molecule has 0 spiro atoms. The van der Waals surface area contributed by atoms with Crippen LogP contribution >= 0.6 is 0 Å². The summed E-state index contributed by atoms with van der Waals surface area (Å²) in [6.45, 7) is 0. The van der Waals surface area contributed by atoms with Crippen molar-refractivity contribution in [3.63, 3.8) is 0 Å². The van der Waals surface area contributed by atoms with Crippen molar-refractivity contribution in [1.29, 1.82) is 0 Å². The van der Waals surface area contributed by atoms with E-state index in [2.05, 4.69) is 25.4 Å². The molecule has 0 saturated heterocycles. The van der Waals surface area contributed by atoms with Crippen LogP contribution in [0.2, 0.25) is 0 Å². The zero-order valence-electron chi connectivity index (χ0n) is 15.6. The van der Waals surface area contributed by atoms with Crippen LogP contribution in [0.15, 0.2) is 70.9 Å². The lowest BCUT2D eigenvalue weighted by Crippen LogP contribution is -2.38. The van der Waals surface area contributed by atoms with Crippen LogP contribution in [-0.4, -0.2) is 42.3 Å². The molecule has 0 atom stereocenters. The van der Waals surface area contributed by atoms with Gasteiger partial charge in [-0.3, -0.25) is 9.59 Å². The smallest absolute Gasteiger partial charge is 0.333 e. The van der Waals surface area contributed by atoms with Gasteiger partial charge >= 0.3 is 5.69 Å². The van der Waals surface area contributed by atoms with Crippen LogP contribution in [-0.2, 0) is 0 Å². The van der Waals surface area contributed by atoms with E-state index in [4.69, 9.17) is 4.74 Å². The second-order valence-electron chi connectivity index (χ2n) is 6.01. The molecule has 150 valence electrons. The second-order valence-corrected chi connectivity index (χ2v) is 6.01. The van der Waals surface area contributed by atoms with Crippen LogP contribution < -0.4 is 21.3 Å². The number of amides is 1. The summed E-state index contributed by atoms with van der Waals surface area (Å²) >= 11 is 0. The molecule has 0 saturated carbocycles. The lowest BCUT2D eigenvalue weighted by Gasteiger charge is -2.09. The summed E-state index contributed by atoms with van der Waals surface area (Å²) < 4.78 is 7.43. The maximum Gasteiger partial charge on any atom is 0.333 e. The van der Waals surface area contributed by atoms with E-state index in [0.717, 1.165) is 10.8 Å². The molecule has 0 aliphatic rings. The second kappa shape index (κ2) is 7.83. The van der Waals surface area contributed by atoms with Gasteiger partial charge in [-0.1, -0.05) is 0 Å². The largest absolute Gasteiger partial charge is 0.497 e. The van der Waals surface area contributed by atoms with Crippen LogP contribution in [0.25, 0.3) is 11.5 Å². The number of benzene rings is 1. The summed E-state index contributed by atoms with van der Waals surface area (Å²) in [6.07, 6.45) is 5.59. The number of hydrogen-bond acceptors (Lipinski definition) is 7. The predicted octanol–water partition coefficient (Wildman–Crippen LogP) is 0.762. The number of hydrogen-bond donors (Lipinski definition) is 2. The summed E-state index contributed by atoms with van der Waals surface area (Å²) in [5.41, 5.74) is -1.42. The van der Waals surface area contributed by atoms with Gasteiger partial charge in [0.1, 0.15) is 23.5 Å². The first-order valence-corrected chi connectivity index (χ1v) is 8.69. The third kappa shape index (κ3) is 3.58. The molecule has 3 heterocycles. The van der Waals surface area contributed by atoms with Crippen molar-refractivity contribution in [3.8, 4) is 17.3 Å². The Labute approximate surface area is 168 Å². The van der Waals surface area contributed by atoms with Gasteiger partial charge in [0, 0.05) is 24.7 Å². The maximum absolute atomic E-state index is 12.8. The first-order valence-electron chi connectivity index (χ1n) is 8.69. The lowest BCUT2D eigenvalue weighted by molar-refractivity contribution is 0.102. The fourth-order valence-electron chi connectivity index (χ4n) is 2.73. The Morgan fingerprint density at radius 1 is 1.17 bits per heavy atom. The number of methoxy groups -OCH3 is 1. The minimum atomic E-state index is -0.775. The monoisotopic (exact) mass is 405 g/mol. The number of carbonyl (C=O) groups excluding carboxylic acids is 1. The van der Waals surface area contributed by atoms with Gasteiger partial charge in [0.25, 0.3) is 11.5 Å². The topological polar surface area (TPSA) is 137 Å². The highest BCUT2D eigenvalue weighted by atomic mass is 16.5. The summed E-state index contributed by atoms with van der Waals surface area (Å²) in [5.74, 6) is 0.432. The lowest BCUT2D eigenvalue weighted by atomic mass is 10.2. The fourth-order valence-corrected chi connectivity index (χ4v) is 2.73. The molecular weight excluding hydrogens is 390 g/mol. The number of carbonyl (C=O) groups is 1. The van der Waals surface area contributed by atoms with Gasteiger partial charge in [-0.05, 0) is 30.3 Å². The van der Waals surface area contributed by atoms with Crippen molar-refractivity contribution in [2.24, 2.45) is 0 Å². The number of nitrogens with one attached hydrogen (secondary N) is 2. The highest BCUT2D eigenvalue weighted by molar-refractivity contribution is 6.03. The van der Waals surface area contributed by atoms with Crippen LogP contribution in [0.4, 0.5) is 5.82 Å². The van der Waals surface area contributed by atoms with Crippen molar-refractivity contribution in [2.45, 2.75) is 0 Å². The minimum Gasteiger partial charge on any atom is -0.497 e. The number of aromatic amines is 1. The molecule has 2 N–H and O–H groups in total. The highest BCUT2D eigenvalue weighted by Crippen LogP contribution is 2.13. The molecule has 1 aromatic carbocycles. The zero-order valence-corrected chi connectivity index (χ0v) is 15.6. The maximum atomic E-state index is 12.8. The SMILES string of the molecule is COc1ccc(-n2c(=O)[nH]cc(C(=O)Nc3cc(-n4cccn4)ncn3)c2=O)cc1. The molecule has 0 radical (unpaired) electrons. The van der Waals surface area contributed by atoms with Gasteiger partial charge in [0.05, 0.1) is 12.8 Å². The number of aromatic nitrogens is 6. The van der Waals surface area contributed by atoms with E-state index in [9.17, 15) is 14.4 Å². The molecule has 4 aromatic rings. The summed E-state index contributed by atoms with van der Waals surface area (Å²) in [6, 6.07) is 9.51. The van der Waals surface area contributed by atoms with E-state index in [-0.39, 0.29) is 11.4 Å². The molecule has 4 rings (SSSR count). The molecule has 11 heteroatoms. The number of nitrogens with zero attached hydrogens (tertiary/aromatic N) is 5. The molecule has 0 aliphatic carbocycles. The van der Waals surface area contributed by atoms with E-state index < -0.39 is 17.2 Å². The van der Waals surface area contributed by atoms with Crippen LogP contribution in [0.5, 0.6) is 5.75 Å². The van der Waals surface area contributed by atoms with Gasteiger partial charge in [0.2, 0.25) is 0 Å². The molecule has 11 nitrogen and oxygen atoms in total. The predicted molar refractivity (Wildman–Crippen MR) is 106 cm³/mol. The van der Waals surface area contributed by atoms with Gasteiger partial charge in [-0.15, -0.1) is 0 Å². The van der Waals surface area contributed by atoms with Gasteiger partial charge < -0.3 is 15.0 Å². The highest BCUT2D eigenvalue weighted by Gasteiger charge is 2.17. The molecule has 0 unspecified atom stereocenters. The van der Waals surface area contributed by atoms with Crippen molar-refractivity contribution in [3.05, 3.63) is 87.7 Å². The minimum absolute atomic E-state index is 0.169. The van der Waals surface area contributed by atoms with Crippen molar-refractivity contribution in [2.75, 3.05) is 12.4 Å². The number of ether oxygens (including phenoxy) is 1. The van der Waals surface area contributed by atoms with E-state index in [1.807, 2.05) is 0 Å². The third-order valence-electron chi connectivity index (χ3n) is 4.19. The Kier molecular flexibility index (Phi) is 4.91. The van der Waals surface area contributed by atoms with Crippen molar-refractivity contribution < 1.29 is 9.53 Å². The Morgan fingerprint density at radius 3 is 2.67 bits per heavy atom. The standard InChI is InChI=1S/C19H15N7O4/c1-30-13-5-3-12(4-6-13)26-18(28)14(10-20-19(26)29)17(27)24-15-9-16(22-11-21-15)25-8-2-7-23-25/h2-11H,1H3,(H,20,29)(H,21,22,24,27). The first-order chi connectivity index (χ1) is 14.6. The molecular formula is C19H15N7O4. The van der Waals surface area contributed by atoms with E-state index in [1.54, 1.807) is 30.6 Å². The Morgan fingerprint density at radius 2 is 1.97 bits per heavy atom. The Balaban J connectivity index is 1.66. The van der Waals surface area contributed by atoms with Crippen molar-refractivity contribution >= 4 is 11.7 Å². The average molecular weight is 405 g/mol. The Hall–Kier alpha value is -4.54. The van der Waals surface area contributed by atoms with E-state index >= 15 is 0 Å². The third-order valence-corrected chi connectivity index (χ3v) is 4.19.